The molecule has 1 heterocycles. The summed E-state index contributed by atoms with van der Waals surface area (Å²) in [5.41, 5.74) is 2.01. The molecule has 3 aromatic rings. The zero-order valence-electron chi connectivity index (χ0n) is 20.5. The molecule has 0 saturated heterocycles. The third-order valence-corrected chi connectivity index (χ3v) is 7.28. The molecule has 1 aliphatic rings. The molecule has 0 unspecified atom stereocenters. The third kappa shape index (κ3) is 6.32. The molecule has 1 saturated carbocycles. The highest BCUT2D eigenvalue weighted by Gasteiger charge is 2.30. The molecule has 4 rings (SSSR count). The van der Waals surface area contributed by atoms with Crippen molar-refractivity contribution in [1.29, 1.82) is 0 Å². The van der Waals surface area contributed by atoms with Gasteiger partial charge in [0, 0.05) is 42.8 Å². The quantitative estimate of drug-likeness (QED) is 0.338. The van der Waals surface area contributed by atoms with Crippen molar-refractivity contribution in [3.63, 3.8) is 0 Å². The Labute approximate surface area is 206 Å². The average Bonchev–Trinajstić information content (AvgIpc) is 3.57. The molecule has 1 aromatic heterocycles. The van der Waals surface area contributed by atoms with E-state index >= 15 is 0 Å². The number of benzene rings is 2. The number of imidazole rings is 1. The van der Waals surface area contributed by atoms with E-state index in [9.17, 15) is 13.2 Å². The van der Waals surface area contributed by atoms with Crippen LogP contribution in [-0.2, 0) is 14.9 Å². The van der Waals surface area contributed by atoms with E-state index in [1.54, 1.807) is 30.3 Å². The lowest BCUT2D eigenvalue weighted by Crippen LogP contribution is -2.40. The topological polar surface area (TPSA) is 116 Å². The van der Waals surface area contributed by atoms with Crippen molar-refractivity contribution in [3.05, 3.63) is 42.5 Å². The first-order valence-corrected chi connectivity index (χ1v) is 13.4. The standard InChI is InChI=1S/C25H33N5O4S/c1-16(2)30(17(3)4)14-13-26-19-7-10-21(11-8-19)35(32,33)34-20-9-12-22-23(15-20)28-25(27-22)29-24(31)18-5-6-18/h7-12,15-18,26H,5-6,13-14H2,1-4H3,(H2,27,28,29,31). The molecule has 0 bridgehead atoms. The molecule has 188 valence electrons. The summed E-state index contributed by atoms with van der Waals surface area (Å²) in [7, 11) is -4.01. The molecule has 1 fully saturated rings. The fraction of sp³-hybridized carbons (Fsp3) is 0.440. The first-order valence-electron chi connectivity index (χ1n) is 12.0. The van der Waals surface area contributed by atoms with Gasteiger partial charge >= 0.3 is 10.1 Å². The molecule has 3 N–H and O–H groups in total. The van der Waals surface area contributed by atoms with Crippen molar-refractivity contribution in [2.24, 2.45) is 5.92 Å². The number of aromatic amines is 1. The minimum Gasteiger partial charge on any atom is -0.384 e. The molecule has 1 aliphatic carbocycles. The number of amides is 1. The summed E-state index contributed by atoms with van der Waals surface area (Å²) < 4.78 is 31.0. The van der Waals surface area contributed by atoms with Crippen LogP contribution in [0.2, 0.25) is 0 Å². The lowest BCUT2D eigenvalue weighted by atomic mass is 10.2. The highest BCUT2D eigenvalue weighted by molar-refractivity contribution is 7.87. The van der Waals surface area contributed by atoms with Crippen molar-refractivity contribution >= 4 is 38.7 Å². The number of nitrogens with zero attached hydrogens (tertiary/aromatic N) is 2. The van der Waals surface area contributed by atoms with Crippen LogP contribution in [0.15, 0.2) is 47.4 Å². The Hall–Kier alpha value is -3.11. The van der Waals surface area contributed by atoms with Gasteiger partial charge in [-0.2, -0.15) is 8.42 Å². The van der Waals surface area contributed by atoms with Gasteiger partial charge in [-0.15, -0.1) is 0 Å². The van der Waals surface area contributed by atoms with Gasteiger partial charge in [-0.3, -0.25) is 15.0 Å². The maximum absolute atomic E-state index is 12.8. The molecule has 9 nitrogen and oxygen atoms in total. The van der Waals surface area contributed by atoms with E-state index in [1.807, 2.05) is 0 Å². The number of anilines is 2. The summed E-state index contributed by atoms with van der Waals surface area (Å²) in [6.07, 6.45) is 1.79. The number of aromatic nitrogens is 2. The number of rotatable bonds is 11. The Morgan fingerprint density at radius 3 is 2.43 bits per heavy atom. The Bertz CT molecular complexity index is 1270. The van der Waals surface area contributed by atoms with Crippen LogP contribution in [0.1, 0.15) is 40.5 Å². The fourth-order valence-electron chi connectivity index (χ4n) is 4.02. The lowest BCUT2D eigenvalue weighted by molar-refractivity contribution is -0.117. The van der Waals surface area contributed by atoms with Crippen LogP contribution in [0.5, 0.6) is 5.75 Å². The molecule has 0 atom stereocenters. The monoisotopic (exact) mass is 499 g/mol. The van der Waals surface area contributed by atoms with E-state index < -0.39 is 10.1 Å². The Kier molecular flexibility index (Phi) is 7.32. The van der Waals surface area contributed by atoms with Crippen molar-refractivity contribution in [2.45, 2.75) is 57.5 Å². The van der Waals surface area contributed by atoms with Crippen molar-refractivity contribution < 1.29 is 17.4 Å². The highest BCUT2D eigenvalue weighted by atomic mass is 32.2. The van der Waals surface area contributed by atoms with Crippen LogP contribution in [0.4, 0.5) is 11.6 Å². The van der Waals surface area contributed by atoms with Gasteiger partial charge in [0.2, 0.25) is 11.9 Å². The van der Waals surface area contributed by atoms with E-state index in [4.69, 9.17) is 4.18 Å². The molecule has 0 radical (unpaired) electrons. The molecule has 10 heteroatoms. The lowest BCUT2D eigenvalue weighted by Gasteiger charge is -2.30. The minimum atomic E-state index is -4.01. The first kappa shape index (κ1) is 25.0. The second-order valence-electron chi connectivity index (χ2n) is 9.44. The summed E-state index contributed by atoms with van der Waals surface area (Å²) in [5.74, 6) is 0.498. The molecule has 2 aromatic carbocycles. The fourth-order valence-corrected chi connectivity index (χ4v) is 4.94. The highest BCUT2D eigenvalue weighted by Crippen LogP contribution is 2.30. The third-order valence-electron chi connectivity index (χ3n) is 6.02. The Balaban J connectivity index is 1.37. The van der Waals surface area contributed by atoms with E-state index in [-0.39, 0.29) is 22.5 Å². The van der Waals surface area contributed by atoms with Crippen molar-refractivity contribution in [2.75, 3.05) is 23.7 Å². The number of H-pyrrole nitrogens is 1. The second-order valence-corrected chi connectivity index (χ2v) is 11.0. The summed E-state index contributed by atoms with van der Waals surface area (Å²) >= 11 is 0. The largest absolute Gasteiger partial charge is 0.384 e. The summed E-state index contributed by atoms with van der Waals surface area (Å²) in [6, 6.07) is 12.2. The Morgan fingerprint density at radius 2 is 1.80 bits per heavy atom. The van der Waals surface area contributed by atoms with Gasteiger partial charge in [0.15, 0.2) is 0 Å². The average molecular weight is 500 g/mol. The van der Waals surface area contributed by atoms with Gasteiger partial charge in [-0.1, -0.05) is 0 Å². The molecule has 35 heavy (non-hydrogen) atoms. The number of hydrogen-bond acceptors (Lipinski definition) is 7. The van der Waals surface area contributed by atoms with Crippen LogP contribution >= 0.6 is 0 Å². The summed E-state index contributed by atoms with van der Waals surface area (Å²) in [5, 5.41) is 6.09. The smallest absolute Gasteiger partial charge is 0.339 e. The van der Waals surface area contributed by atoms with Gasteiger partial charge in [-0.25, -0.2) is 4.98 Å². The van der Waals surface area contributed by atoms with Gasteiger partial charge < -0.3 is 14.5 Å². The van der Waals surface area contributed by atoms with Gasteiger partial charge in [-0.05, 0) is 76.9 Å². The maximum atomic E-state index is 12.8. The molecule has 1 amide bonds. The van der Waals surface area contributed by atoms with E-state index in [2.05, 4.69) is 53.2 Å². The minimum absolute atomic E-state index is 0.0572. The maximum Gasteiger partial charge on any atom is 0.339 e. The predicted molar refractivity (Wildman–Crippen MR) is 137 cm³/mol. The van der Waals surface area contributed by atoms with Crippen molar-refractivity contribution in [3.8, 4) is 5.75 Å². The van der Waals surface area contributed by atoms with Crippen LogP contribution in [0.3, 0.4) is 0 Å². The molecule has 0 spiro atoms. The predicted octanol–water partition coefficient (Wildman–Crippen LogP) is 4.21. The number of hydrogen-bond donors (Lipinski definition) is 3. The SMILES string of the molecule is CC(C)N(CCNc1ccc(S(=O)(=O)Oc2ccc3nc(NC(=O)C4CC4)[nH]c3c2)cc1)C(C)C. The first-order chi connectivity index (χ1) is 16.6. The second kappa shape index (κ2) is 10.2. The van der Waals surface area contributed by atoms with Crippen LogP contribution in [0.25, 0.3) is 11.0 Å². The Morgan fingerprint density at radius 1 is 1.11 bits per heavy atom. The normalized spacial score (nSPS) is 14.1. The number of carbonyl (C=O) groups is 1. The van der Waals surface area contributed by atoms with E-state index in [0.29, 0.717) is 29.1 Å². The van der Waals surface area contributed by atoms with E-state index in [0.717, 1.165) is 31.6 Å². The summed E-state index contributed by atoms with van der Waals surface area (Å²) in [4.78, 5) is 21.7. The number of fused-ring (bicyclic) bond motifs is 1. The van der Waals surface area contributed by atoms with Crippen LogP contribution < -0.4 is 14.8 Å². The van der Waals surface area contributed by atoms with Gasteiger partial charge in [0.25, 0.3) is 0 Å². The number of nitrogens with one attached hydrogen (secondary N) is 3. The van der Waals surface area contributed by atoms with Gasteiger partial charge in [0.1, 0.15) is 10.6 Å². The van der Waals surface area contributed by atoms with Crippen molar-refractivity contribution in [1.82, 2.24) is 14.9 Å². The zero-order valence-corrected chi connectivity index (χ0v) is 21.4. The molecular weight excluding hydrogens is 466 g/mol. The summed E-state index contributed by atoms with van der Waals surface area (Å²) in [6.45, 7) is 10.4. The van der Waals surface area contributed by atoms with Crippen LogP contribution in [-0.4, -0.2) is 54.4 Å². The van der Waals surface area contributed by atoms with E-state index in [1.165, 1.54) is 12.1 Å². The zero-order chi connectivity index (χ0) is 25.2. The van der Waals surface area contributed by atoms with Crippen LogP contribution in [0, 0.1) is 5.92 Å². The molecular formula is C25H33N5O4S. The van der Waals surface area contributed by atoms with Gasteiger partial charge in [0.05, 0.1) is 11.0 Å². The molecule has 0 aliphatic heterocycles. The number of carbonyl (C=O) groups excluding carboxylic acids is 1.